The number of methoxy groups -OCH3 is 1. The molecule has 26 nitrogen and oxygen atoms in total. The predicted molar refractivity (Wildman–Crippen MR) is 410 cm³/mol. The Bertz CT molecular complexity index is 4650. The van der Waals surface area contributed by atoms with Crippen LogP contribution in [-0.4, -0.2) is 180 Å². The van der Waals surface area contributed by atoms with Gasteiger partial charge < -0.3 is 34.5 Å². The van der Waals surface area contributed by atoms with Gasteiger partial charge in [-0.2, -0.15) is 17.3 Å². The molecule has 582 valence electrons. The SMILES string of the molecule is CCN1\C(=C/C=C/C=C/C2=[N+](CCCCCC(=O)CCCCC[C@H](NC(=O)Cn3cc(CCCF)nn3)C(=O)NCCOCCOCCOCCn3cc(CN([C@@H](C(=O)NO)C(C)C)S(=O)(=O)c4ccc(OC)cc4)nn3)c3ccc4ccc(S(=O)(=O)O)cc4c3C2(C)C)C(C)(C)c2c1ccc1c(C)cccc21. The number of likely N-dealkylation sites (N-methyl/N-ethyl adjacent to an activating group) is 1. The number of sulfonamides is 1. The summed E-state index contributed by atoms with van der Waals surface area (Å²) >= 11 is 0. The summed E-state index contributed by atoms with van der Waals surface area (Å²) < 4.78 is 104. The summed E-state index contributed by atoms with van der Waals surface area (Å²) in [6, 6.07) is 23.3. The number of rotatable bonds is 44. The standard InChI is InChI=1S/C79H103FN12O14S2/c1-10-90-68-39-37-64-56(4)22-20-26-65(64)73(68)78(5,6)70(90)28-17-12-18-29-71-79(7,8)74-66-50-63(108(100,101)102)34-30-57(66)31-38-69(74)91(71)42-19-13-15-25-60(93)24-14-11-16-27-67(82-72(94)54-89-51-58(83-87-89)23-21-40-80)76(95)81-41-44-104-46-48-106-49-47-105-45-43-88-52-59(84-86-88)53-92(75(55(2)3)77(96)85-97)107(98,99)62-35-32-61(103-9)33-36-62/h12,17-18,20,22,26,28-39,50-52,55,67,75H,10-11,13-16,19,21,23-25,27,40-49,53-54H2,1-9H3,(H4-,81,82,83,84,85,86,87,94,95,96,97,100,101,102)/p+1/t67-,75+/m0/s1. The molecular formula is C79H104FN12O14S2+. The Kier molecular flexibility index (Phi) is 29.6. The van der Waals surface area contributed by atoms with Crippen molar-refractivity contribution in [2.24, 2.45) is 5.92 Å². The van der Waals surface area contributed by atoms with Crippen LogP contribution in [0.3, 0.4) is 0 Å². The van der Waals surface area contributed by atoms with Crippen molar-refractivity contribution in [2.75, 3.05) is 78.0 Å². The molecule has 3 amide bonds. The lowest BCUT2D eigenvalue weighted by Gasteiger charge is -2.31. The first-order valence-electron chi connectivity index (χ1n) is 37.0. The van der Waals surface area contributed by atoms with Crippen molar-refractivity contribution in [1.29, 1.82) is 0 Å². The zero-order valence-electron chi connectivity index (χ0n) is 63.3. The molecule has 5 aromatic carbocycles. The minimum Gasteiger partial charge on any atom is -0.497 e. The quantitative estimate of drug-likeness (QED) is 0.00592. The summed E-state index contributed by atoms with van der Waals surface area (Å²) in [5.41, 5.74) is 9.55. The normalized spacial score (nSPS) is 15.2. The third-order valence-corrected chi connectivity index (χ3v) is 22.5. The van der Waals surface area contributed by atoms with Crippen LogP contribution in [0.2, 0.25) is 0 Å². The van der Waals surface area contributed by atoms with Crippen LogP contribution >= 0.6 is 0 Å². The third kappa shape index (κ3) is 20.9. The van der Waals surface area contributed by atoms with Crippen molar-refractivity contribution in [3.05, 3.63) is 161 Å². The lowest BCUT2D eigenvalue weighted by Crippen LogP contribution is -2.51. The second-order valence-electron chi connectivity index (χ2n) is 28.5. The number of alkyl halides is 1. The summed E-state index contributed by atoms with van der Waals surface area (Å²) in [4.78, 5) is 55.3. The van der Waals surface area contributed by atoms with Gasteiger partial charge in [0.1, 0.15) is 36.7 Å². The number of anilines is 1. The second-order valence-corrected chi connectivity index (χ2v) is 31.8. The van der Waals surface area contributed by atoms with Crippen LogP contribution in [0.4, 0.5) is 15.8 Å². The van der Waals surface area contributed by atoms with Gasteiger partial charge >= 0.3 is 0 Å². The van der Waals surface area contributed by atoms with E-state index in [4.69, 9.17) is 18.9 Å². The summed E-state index contributed by atoms with van der Waals surface area (Å²) in [7, 11) is -7.30. The third-order valence-electron chi connectivity index (χ3n) is 19.8. The minimum absolute atomic E-state index is 0.0846. The van der Waals surface area contributed by atoms with Crippen molar-refractivity contribution in [3.8, 4) is 5.75 Å². The largest absolute Gasteiger partial charge is 0.497 e. The summed E-state index contributed by atoms with van der Waals surface area (Å²) in [5, 5.41) is 35.6. The van der Waals surface area contributed by atoms with Crippen LogP contribution in [0, 0.1) is 12.8 Å². The van der Waals surface area contributed by atoms with Crippen molar-refractivity contribution in [1.82, 2.24) is 50.4 Å². The zero-order chi connectivity index (χ0) is 77.8. The van der Waals surface area contributed by atoms with Crippen LogP contribution in [0.25, 0.3) is 21.5 Å². The molecule has 0 aliphatic carbocycles. The van der Waals surface area contributed by atoms with Crippen LogP contribution < -0.4 is 25.8 Å². The first-order chi connectivity index (χ1) is 51.7. The summed E-state index contributed by atoms with van der Waals surface area (Å²) in [6.45, 7) is 18.7. The minimum atomic E-state index is -4.47. The number of allylic oxidation sites excluding steroid dienone is 6. The average Bonchev–Trinajstić information content (AvgIpc) is 1.56. The maximum atomic E-state index is 13.9. The van der Waals surface area contributed by atoms with Gasteiger partial charge in [-0.3, -0.25) is 33.3 Å². The Morgan fingerprint density at radius 3 is 2.09 bits per heavy atom. The number of hydrogen-bond acceptors (Lipinski definition) is 18. The summed E-state index contributed by atoms with van der Waals surface area (Å²) in [6.07, 6.45) is 19.5. The number of ether oxygens (including phenoxy) is 4. The van der Waals surface area contributed by atoms with Crippen molar-refractivity contribution in [2.45, 2.75) is 178 Å². The van der Waals surface area contributed by atoms with Crippen molar-refractivity contribution >= 4 is 82.3 Å². The smallest absolute Gasteiger partial charge is 0.294 e. The number of halogens is 1. The fourth-order valence-corrected chi connectivity index (χ4v) is 16.6. The number of benzene rings is 5. The molecular weight excluding hydrogens is 1420 g/mol. The van der Waals surface area contributed by atoms with E-state index >= 15 is 0 Å². The maximum absolute atomic E-state index is 13.9. The van der Waals surface area contributed by atoms with Gasteiger partial charge in [-0.15, -0.1) is 10.2 Å². The highest BCUT2D eigenvalue weighted by molar-refractivity contribution is 7.89. The number of aryl methyl sites for hydroxylation is 2. The number of amides is 3. The Hall–Kier alpha value is -8.94. The maximum Gasteiger partial charge on any atom is 0.294 e. The topological polar surface area (TPSA) is 321 Å². The lowest BCUT2D eigenvalue weighted by molar-refractivity contribution is -0.438. The number of ketones is 1. The van der Waals surface area contributed by atoms with Gasteiger partial charge in [0, 0.05) is 79.3 Å². The van der Waals surface area contributed by atoms with E-state index in [0.717, 1.165) is 51.4 Å². The number of nitrogens with one attached hydrogen (secondary N) is 3. The number of carbonyl (C=O) groups is 4. The van der Waals surface area contributed by atoms with Gasteiger partial charge in [0.2, 0.25) is 27.5 Å². The second kappa shape index (κ2) is 38.4. The first-order valence-corrected chi connectivity index (χ1v) is 39.9. The van der Waals surface area contributed by atoms with E-state index in [0.29, 0.717) is 69.4 Å². The molecule has 4 heterocycles. The molecule has 7 aromatic rings. The van der Waals surface area contributed by atoms with Gasteiger partial charge in [0.15, 0.2) is 5.71 Å². The lowest BCUT2D eigenvalue weighted by atomic mass is 9.79. The van der Waals surface area contributed by atoms with Gasteiger partial charge in [-0.05, 0) is 159 Å². The molecule has 2 aliphatic rings. The van der Waals surface area contributed by atoms with Gasteiger partial charge in [-0.1, -0.05) is 99.5 Å². The van der Waals surface area contributed by atoms with Crippen LogP contribution in [0.1, 0.15) is 141 Å². The molecule has 0 saturated carbocycles. The van der Waals surface area contributed by atoms with E-state index in [2.05, 4.69) is 149 Å². The Labute approximate surface area is 632 Å². The number of carbonyl (C=O) groups excluding carboxylic acids is 4. The van der Waals surface area contributed by atoms with E-state index in [1.807, 2.05) is 6.07 Å². The van der Waals surface area contributed by atoms with E-state index in [-0.39, 0.29) is 98.9 Å². The average molecular weight is 1530 g/mol. The fourth-order valence-electron chi connectivity index (χ4n) is 14.4. The number of aromatic nitrogens is 6. The molecule has 2 aliphatic heterocycles. The number of Topliss-reactive ketones (excluding diaryl/α,β-unsaturated/α-hetero) is 1. The number of fused-ring (bicyclic) bond motifs is 6. The Morgan fingerprint density at radius 1 is 0.722 bits per heavy atom. The highest BCUT2D eigenvalue weighted by atomic mass is 32.2. The van der Waals surface area contributed by atoms with Gasteiger partial charge in [-0.25, -0.2) is 23.3 Å². The molecule has 0 radical (unpaired) electrons. The molecule has 0 bridgehead atoms. The molecule has 9 rings (SSSR count). The van der Waals surface area contributed by atoms with Gasteiger partial charge in [0.05, 0.1) is 93.1 Å². The molecule has 108 heavy (non-hydrogen) atoms. The van der Waals surface area contributed by atoms with Crippen LogP contribution in [-0.2, 0) is 90.4 Å². The zero-order valence-corrected chi connectivity index (χ0v) is 65.0. The van der Waals surface area contributed by atoms with Crippen LogP contribution in [0.5, 0.6) is 5.75 Å². The van der Waals surface area contributed by atoms with Crippen molar-refractivity contribution < 1.29 is 73.7 Å². The molecule has 2 aromatic heterocycles. The first kappa shape index (κ1) is 83.1. The monoisotopic (exact) mass is 1530 g/mol. The molecule has 2 atom stereocenters. The molecule has 0 unspecified atom stereocenters. The molecule has 0 saturated heterocycles. The number of hydroxylamine groups is 1. The van der Waals surface area contributed by atoms with E-state index in [1.54, 1.807) is 43.9 Å². The highest BCUT2D eigenvalue weighted by Crippen LogP contribution is 2.51. The molecule has 29 heteroatoms. The highest BCUT2D eigenvalue weighted by Gasteiger charge is 2.46. The fraction of sp³-hybridized carbons (Fsp3) is 0.481. The molecule has 0 spiro atoms. The van der Waals surface area contributed by atoms with E-state index < -0.39 is 68.0 Å². The van der Waals surface area contributed by atoms with E-state index in [1.165, 1.54) is 80.1 Å². The van der Waals surface area contributed by atoms with Gasteiger partial charge in [0.25, 0.3) is 16.0 Å². The van der Waals surface area contributed by atoms with Crippen LogP contribution in [0.15, 0.2) is 143 Å². The Morgan fingerprint density at radius 2 is 1.40 bits per heavy atom. The molecule has 5 N–H and O–H groups in total. The Balaban J connectivity index is 0.715. The number of nitrogens with zero attached hydrogens (tertiary/aromatic N) is 9. The van der Waals surface area contributed by atoms with Crippen molar-refractivity contribution in [3.63, 3.8) is 0 Å². The summed E-state index contributed by atoms with van der Waals surface area (Å²) in [5.74, 6) is -1.70. The number of hydrogen-bond donors (Lipinski definition) is 5. The number of unbranched alkanes of at least 4 members (excludes halogenated alkanes) is 4. The predicted octanol–water partition coefficient (Wildman–Crippen LogP) is 10.7. The van der Waals surface area contributed by atoms with E-state index in [9.17, 15) is 50.2 Å². The molecule has 0 fully saturated rings.